The van der Waals surface area contributed by atoms with E-state index in [0.717, 1.165) is 21.3 Å². The van der Waals surface area contributed by atoms with E-state index in [-0.39, 0.29) is 11.7 Å². The molecule has 0 radical (unpaired) electrons. The van der Waals surface area contributed by atoms with Gasteiger partial charge in [0.25, 0.3) is 0 Å². The highest BCUT2D eigenvalue weighted by atomic mass is 79.9. The predicted octanol–water partition coefficient (Wildman–Crippen LogP) is 4.42. The Kier molecular flexibility index (Phi) is 5.50. The number of nitriles is 1. The smallest absolute Gasteiger partial charge is 0.162 e. The van der Waals surface area contributed by atoms with Gasteiger partial charge in [0.2, 0.25) is 0 Å². The van der Waals surface area contributed by atoms with Crippen molar-refractivity contribution in [2.45, 2.75) is 24.7 Å². The highest BCUT2D eigenvalue weighted by Gasteiger charge is 2.43. The van der Waals surface area contributed by atoms with Crippen LogP contribution in [0.3, 0.4) is 0 Å². The van der Waals surface area contributed by atoms with E-state index in [1.807, 2.05) is 66.6 Å². The molecule has 0 bridgehead atoms. The lowest BCUT2D eigenvalue weighted by Gasteiger charge is -2.43. The van der Waals surface area contributed by atoms with E-state index in [9.17, 15) is 10.1 Å². The highest BCUT2D eigenvalue weighted by molar-refractivity contribution is 9.10. The second-order valence-corrected chi connectivity index (χ2v) is 8.77. The molecule has 2 aromatic rings. The highest BCUT2D eigenvalue weighted by Crippen LogP contribution is 2.48. The van der Waals surface area contributed by atoms with Gasteiger partial charge in [-0.2, -0.15) is 5.26 Å². The number of hydrogen-bond acceptors (Lipinski definition) is 5. The number of hydrogen-bond donors (Lipinski definition) is 1. The van der Waals surface area contributed by atoms with E-state index in [2.05, 4.69) is 34.1 Å². The van der Waals surface area contributed by atoms with Gasteiger partial charge in [0.05, 0.1) is 17.6 Å². The average molecular weight is 463 g/mol. The summed E-state index contributed by atoms with van der Waals surface area (Å²) in [6.45, 7) is 0. The monoisotopic (exact) mass is 462 g/mol. The van der Waals surface area contributed by atoms with Crippen molar-refractivity contribution in [1.29, 1.82) is 5.26 Å². The molecule has 2 atom stereocenters. The lowest BCUT2D eigenvalue weighted by molar-refractivity contribution is -0.117. The fourth-order valence-corrected chi connectivity index (χ4v) is 4.78. The summed E-state index contributed by atoms with van der Waals surface area (Å²) in [6.07, 6.45) is 1.12. The molecule has 1 aliphatic heterocycles. The van der Waals surface area contributed by atoms with Crippen LogP contribution >= 0.6 is 15.9 Å². The zero-order valence-corrected chi connectivity index (χ0v) is 18.6. The second kappa shape index (κ2) is 8.10. The van der Waals surface area contributed by atoms with Crippen LogP contribution in [0.5, 0.6) is 0 Å². The number of Topliss-reactive ketones (excluding diaryl/α,β-unsaturated/α-hetero) is 1. The molecule has 0 aromatic heterocycles. The summed E-state index contributed by atoms with van der Waals surface area (Å²) in [4.78, 5) is 13.5. The fraction of sp³-hybridized carbons (Fsp3) is 0.250. The summed E-state index contributed by atoms with van der Waals surface area (Å²) in [5, 5.41) is 13.7. The maximum atomic E-state index is 13.5. The first-order valence-corrected chi connectivity index (χ1v) is 10.7. The number of ketones is 1. The van der Waals surface area contributed by atoms with E-state index >= 15 is 0 Å². The van der Waals surface area contributed by atoms with Crippen molar-refractivity contribution >= 4 is 21.7 Å². The first kappa shape index (κ1) is 20.4. The Morgan fingerprint density at radius 1 is 1.07 bits per heavy atom. The average Bonchev–Trinajstić information content (AvgIpc) is 2.73. The van der Waals surface area contributed by atoms with Gasteiger partial charge >= 0.3 is 0 Å². The van der Waals surface area contributed by atoms with Crippen molar-refractivity contribution in [3.05, 3.63) is 92.9 Å². The van der Waals surface area contributed by atoms with Crippen LogP contribution in [0.1, 0.15) is 35.8 Å². The fourth-order valence-electron chi connectivity index (χ4n) is 4.52. The number of carbonyl (C=O) groups excluding carboxylic acids is 1. The molecular weight excluding hydrogens is 440 g/mol. The Morgan fingerprint density at radius 2 is 1.73 bits per heavy atom. The summed E-state index contributed by atoms with van der Waals surface area (Å²) in [7, 11) is 3.76. The molecule has 0 spiro atoms. The summed E-state index contributed by atoms with van der Waals surface area (Å²) >= 11 is 3.46. The van der Waals surface area contributed by atoms with Crippen molar-refractivity contribution in [2.75, 3.05) is 14.1 Å². The van der Waals surface area contributed by atoms with Gasteiger partial charge in [0.1, 0.15) is 5.82 Å². The summed E-state index contributed by atoms with van der Waals surface area (Å²) in [5.74, 6) is 0.0984. The number of halogens is 1. The van der Waals surface area contributed by atoms with E-state index in [1.54, 1.807) is 0 Å². The standard InChI is InChI=1S/C24H23BrN4O/c1-28(2)29-20-12-17(15-6-4-3-5-7-15)13-21(30)23(20)22(19(14-26)24(29)27)16-8-10-18(25)11-9-16/h3-11,17,22H,12-13,27H2,1-2H3/t17-,22+/m1/s1. The maximum Gasteiger partial charge on any atom is 0.162 e. The number of rotatable bonds is 3. The second-order valence-electron chi connectivity index (χ2n) is 7.85. The lowest BCUT2D eigenvalue weighted by atomic mass is 9.72. The van der Waals surface area contributed by atoms with Crippen LogP contribution in [0, 0.1) is 11.3 Å². The Labute approximate surface area is 185 Å². The van der Waals surface area contributed by atoms with Crippen LogP contribution < -0.4 is 5.73 Å². The third-order valence-corrected chi connectivity index (χ3v) is 6.34. The topological polar surface area (TPSA) is 73.4 Å². The van der Waals surface area contributed by atoms with E-state index in [0.29, 0.717) is 29.8 Å². The Hall–Kier alpha value is -2.88. The zero-order chi connectivity index (χ0) is 21.4. The molecule has 0 unspecified atom stereocenters. The minimum atomic E-state index is -0.446. The number of allylic oxidation sites excluding steroid dienone is 3. The summed E-state index contributed by atoms with van der Waals surface area (Å²) < 4.78 is 0.945. The maximum absolute atomic E-state index is 13.5. The van der Waals surface area contributed by atoms with Crippen LogP contribution in [-0.4, -0.2) is 29.9 Å². The zero-order valence-electron chi connectivity index (χ0n) is 17.0. The van der Waals surface area contributed by atoms with Gasteiger partial charge in [-0.05, 0) is 35.6 Å². The summed E-state index contributed by atoms with van der Waals surface area (Å²) in [5.41, 5.74) is 10.5. The Balaban J connectivity index is 1.89. The number of benzene rings is 2. The molecule has 30 heavy (non-hydrogen) atoms. The van der Waals surface area contributed by atoms with Crippen molar-refractivity contribution in [2.24, 2.45) is 5.73 Å². The molecule has 152 valence electrons. The first-order valence-electron chi connectivity index (χ1n) is 9.86. The third kappa shape index (κ3) is 3.45. The lowest BCUT2D eigenvalue weighted by Crippen LogP contribution is -2.46. The van der Waals surface area contributed by atoms with Gasteiger partial charge in [-0.15, -0.1) is 0 Å². The molecule has 1 aliphatic carbocycles. The van der Waals surface area contributed by atoms with E-state index in [4.69, 9.17) is 5.73 Å². The van der Waals surface area contributed by atoms with Crippen molar-refractivity contribution < 1.29 is 4.79 Å². The SMILES string of the molecule is CN(C)N1C(N)=C(C#N)[C@H](c2ccc(Br)cc2)C2=C1C[C@@H](c1ccccc1)CC2=O. The van der Waals surface area contributed by atoms with Crippen molar-refractivity contribution in [1.82, 2.24) is 10.0 Å². The summed E-state index contributed by atoms with van der Waals surface area (Å²) in [6, 6.07) is 20.2. The molecular formula is C24H23BrN4O. The Morgan fingerprint density at radius 3 is 2.33 bits per heavy atom. The van der Waals surface area contributed by atoms with Gasteiger partial charge in [-0.25, -0.2) is 5.01 Å². The normalized spacial score (nSPS) is 21.7. The number of nitrogens with zero attached hydrogens (tertiary/aromatic N) is 3. The molecule has 6 heteroatoms. The van der Waals surface area contributed by atoms with Gasteiger partial charge < -0.3 is 5.73 Å². The molecule has 2 aliphatic rings. The van der Waals surface area contributed by atoms with Crippen molar-refractivity contribution in [3.8, 4) is 6.07 Å². The molecule has 2 N–H and O–H groups in total. The van der Waals surface area contributed by atoms with Crippen LogP contribution in [0.15, 0.2) is 81.7 Å². The molecule has 0 saturated heterocycles. The molecule has 2 aromatic carbocycles. The molecule has 0 fully saturated rings. The molecule has 0 amide bonds. The number of nitrogens with two attached hydrogens (primary N) is 1. The Bertz CT molecular complexity index is 1080. The largest absolute Gasteiger partial charge is 0.383 e. The van der Waals surface area contributed by atoms with Crippen LogP contribution in [0.2, 0.25) is 0 Å². The van der Waals surface area contributed by atoms with E-state index < -0.39 is 5.92 Å². The molecule has 1 heterocycles. The molecule has 5 nitrogen and oxygen atoms in total. The predicted molar refractivity (Wildman–Crippen MR) is 120 cm³/mol. The van der Waals surface area contributed by atoms with Crippen LogP contribution in [0.25, 0.3) is 0 Å². The van der Waals surface area contributed by atoms with Gasteiger partial charge in [0, 0.05) is 36.3 Å². The quantitative estimate of drug-likeness (QED) is 0.730. The number of hydrazine groups is 1. The van der Waals surface area contributed by atoms with Gasteiger partial charge in [0.15, 0.2) is 5.78 Å². The minimum absolute atomic E-state index is 0.0742. The first-order chi connectivity index (χ1) is 14.4. The number of carbonyl (C=O) groups is 1. The van der Waals surface area contributed by atoms with Gasteiger partial charge in [-0.3, -0.25) is 9.80 Å². The molecule has 4 rings (SSSR count). The van der Waals surface area contributed by atoms with Crippen LogP contribution in [0.4, 0.5) is 0 Å². The van der Waals surface area contributed by atoms with Crippen LogP contribution in [-0.2, 0) is 4.79 Å². The minimum Gasteiger partial charge on any atom is -0.383 e. The third-order valence-electron chi connectivity index (χ3n) is 5.81. The van der Waals surface area contributed by atoms with Gasteiger partial charge in [-0.1, -0.05) is 58.4 Å². The van der Waals surface area contributed by atoms with E-state index in [1.165, 1.54) is 0 Å². The van der Waals surface area contributed by atoms with Crippen molar-refractivity contribution in [3.63, 3.8) is 0 Å². The molecule has 0 saturated carbocycles.